The van der Waals surface area contributed by atoms with Gasteiger partial charge < -0.3 is 15.4 Å². The zero-order valence-corrected chi connectivity index (χ0v) is 20.9. The summed E-state index contributed by atoms with van der Waals surface area (Å²) in [5, 5.41) is 5.90. The molecule has 0 spiro atoms. The van der Waals surface area contributed by atoms with Gasteiger partial charge in [0.05, 0.1) is 0 Å². The van der Waals surface area contributed by atoms with Crippen LogP contribution in [0.25, 0.3) is 0 Å². The molecule has 0 saturated carbocycles. The average molecular weight is 494 g/mol. The molecule has 0 heterocycles. The van der Waals surface area contributed by atoms with Gasteiger partial charge in [-0.15, -0.1) is 0 Å². The molecule has 0 aliphatic carbocycles. The van der Waals surface area contributed by atoms with Crippen molar-refractivity contribution in [1.29, 1.82) is 0 Å². The normalized spacial score (nSPS) is 10.4. The van der Waals surface area contributed by atoms with Crippen LogP contribution in [0.4, 0.5) is 16.2 Å². The number of nitrogens with one attached hydrogen (secondary N) is 2. The Hall–Kier alpha value is -4.58. The van der Waals surface area contributed by atoms with Crippen LogP contribution >= 0.6 is 0 Å². The van der Waals surface area contributed by atoms with Gasteiger partial charge in [0.15, 0.2) is 0 Å². The Morgan fingerprint density at radius 3 is 2.16 bits per heavy atom. The van der Waals surface area contributed by atoms with E-state index in [0.29, 0.717) is 43.1 Å². The minimum Gasteiger partial charge on any atom is -0.457 e. The van der Waals surface area contributed by atoms with E-state index >= 15 is 0 Å². The molecule has 6 nitrogen and oxygen atoms in total. The third kappa shape index (κ3) is 7.97. The Labute approximate surface area is 217 Å². The third-order valence-electron chi connectivity index (χ3n) is 5.78. The number of urea groups is 1. The van der Waals surface area contributed by atoms with Crippen molar-refractivity contribution in [3.63, 3.8) is 0 Å². The van der Waals surface area contributed by atoms with E-state index in [-0.39, 0.29) is 11.9 Å². The van der Waals surface area contributed by atoms with E-state index in [1.807, 2.05) is 116 Å². The number of ether oxygens (including phenoxy) is 1. The lowest BCUT2D eigenvalue weighted by Gasteiger charge is -2.24. The molecule has 0 saturated heterocycles. The van der Waals surface area contributed by atoms with Gasteiger partial charge in [-0.25, -0.2) is 4.79 Å². The molecular formula is C31H31N3O3. The number of carbonyl (C=O) groups is 2. The zero-order valence-electron chi connectivity index (χ0n) is 20.9. The molecular weight excluding hydrogens is 462 g/mol. The molecule has 0 unspecified atom stereocenters. The van der Waals surface area contributed by atoms with Crippen LogP contribution in [0.3, 0.4) is 0 Å². The van der Waals surface area contributed by atoms with Gasteiger partial charge in [-0.2, -0.15) is 0 Å². The van der Waals surface area contributed by atoms with Crippen molar-refractivity contribution in [2.24, 2.45) is 0 Å². The number of anilines is 2. The van der Waals surface area contributed by atoms with Crippen molar-refractivity contribution < 1.29 is 14.3 Å². The lowest BCUT2D eigenvalue weighted by Crippen LogP contribution is -2.41. The van der Waals surface area contributed by atoms with Gasteiger partial charge in [0.2, 0.25) is 5.91 Å². The predicted molar refractivity (Wildman–Crippen MR) is 148 cm³/mol. The van der Waals surface area contributed by atoms with Crippen LogP contribution < -0.4 is 20.3 Å². The van der Waals surface area contributed by atoms with E-state index < -0.39 is 0 Å². The number of hydrogen-bond acceptors (Lipinski definition) is 3. The summed E-state index contributed by atoms with van der Waals surface area (Å²) in [7, 11) is 0. The Kier molecular flexibility index (Phi) is 8.92. The van der Waals surface area contributed by atoms with Crippen molar-refractivity contribution in [2.45, 2.75) is 19.8 Å². The Balaban J connectivity index is 1.40. The number of para-hydroxylation sites is 1. The van der Waals surface area contributed by atoms with Crippen molar-refractivity contribution in [2.75, 3.05) is 23.3 Å². The van der Waals surface area contributed by atoms with Crippen molar-refractivity contribution in [3.8, 4) is 11.5 Å². The predicted octanol–water partition coefficient (Wildman–Crippen LogP) is 6.57. The van der Waals surface area contributed by atoms with Gasteiger partial charge in [-0.1, -0.05) is 60.7 Å². The molecule has 0 aliphatic heterocycles. The molecule has 0 bridgehead atoms. The van der Waals surface area contributed by atoms with E-state index in [9.17, 15) is 9.59 Å². The second kappa shape index (κ2) is 12.9. The van der Waals surface area contributed by atoms with Gasteiger partial charge in [0.25, 0.3) is 0 Å². The highest BCUT2D eigenvalue weighted by Gasteiger charge is 2.17. The van der Waals surface area contributed by atoms with Crippen LogP contribution in [-0.4, -0.2) is 25.0 Å². The topological polar surface area (TPSA) is 70.7 Å². The highest BCUT2D eigenvalue weighted by Crippen LogP contribution is 2.25. The summed E-state index contributed by atoms with van der Waals surface area (Å²) < 4.78 is 5.88. The maximum atomic E-state index is 13.3. The first-order valence-corrected chi connectivity index (χ1v) is 12.4. The Morgan fingerprint density at radius 2 is 1.46 bits per heavy atom. The maximum absolute atomic E-state index is 13.3. The second-order valence-corrected chi connectivity index (χ2v) is 8.70. The summed E-state index contributed by atoms with van der Waals surface area (Å²) in [6, 6.07) is 34.1. The number of rotatable bonds is 10. The van der Waals surface area contributed by atoms with Crippen molar-refractivity contribution in [1.82, 2.24) is 5.32 Å². The van der Waals surface area contributed by atoms with Crippen LogP contribution in [0.5, 0.6) is 11.5 Å². The quantitative estimate of drug-likeness (QED) is 0.262. The van der Waals surface area contributed by atoms with Crippen LogP contribution in [0, 0.1) is 6.92 Å². The number of hydrogen-bond donors (Lipinski definition) is 2. The van der Waals surface area contributed by atoms with Crippen molar-refractivity contribution in [3.05, 3.63) is 120 Å². The number of carbonyl (C=O) groups excluding carboxylic acids is 2. The van der Waals surface area contributed by atoms with Gasteiger partial charge in [-0.05, 0) is 73.0 Å². The maximum Gasteiger partial charge on any atom is 0.326 e. The highest BCUT2D eigenvalue weighted by atomic mass is 16.5. The molecule has 0 aliphatic rings. The first-order valence-electron chi connectivity index (χ1n) is 12.4. The fourth-order valence-electron chi connectivity index (χ4n) is 3.88. The molecule has 0 aromatic heterocycles. The standard InChI is InChI=1S/C31H31N3O3/c1-24-9-8-12-26(23-24)33-31(36)34(22-21-32-30(35)20-15-25-10-4-2-5-11-25)27-16-18-29(19-17-27)37-28-13-6-3-7-14-28/h2-14,16-19,23H,15,20-22H2,1H3,(H,32,35)(H,33,36). The fraction of sp³-hybridized carbons (Fsp3) is 0.161. The summed E-state index contributed by atoms with van der Waals surface area (Å²) in [5.41, 5.74) is 3.59. The molecule has 6 heteroatoms. The largest absolute Gasteiger partial charge is 0.457 e. The van der Waals surface area contributed by atoms with Crippen molar-refractivity contribution >= 4 is 23.3 Å². The molecule has 2 N–H and O–H groups in total. The monoisotopic (exact) mass is 493 g/mol. The highest BCUT2D eigenvalue weighted by molar-refractivity contribution is 6.01. The van der Waals surface area contributed by atoms with Crippen LogP contribution in [-0.2, 0) is 11.2 Å². The zero-order chi connectivity index (χ0) is 25.9. The second-order valence-electron chi connectivity index (χ2n) is 8.70. The lowest BCUT2D eigenvalue weighted by molar-refractivity contribution is -0.121. The number of amides is 3. The van der Waals surface area contributed by atoms with Gasteiger partial charge >= 0.3 is 6.03 Å². The van der Waals surface area contributed by atoms with E-state index in [4.69, 9.17) is 4.74 Å². The fourth-order valence-corrected chi connectivity index (χ4v) is 3.88. The Morgan fingerprint density at radius 1 is 0.784 bits per heavy atom. The summed E-state index contributed by atoms with van der Waals surface area (Å²) in [6.07, 6.45) is 1.07. The summed E-state index contributed by atoms with van der Waals surface area (Å²) >= 11 is 0. The van der Waals surface area contributed by atoms with Crippen LogP contribution in [0.15, 0.2) is 109 Å². The molecule has 0 radical (unpaired) electrons. The number of benzene rings is 4. The third-order valence-corrected chi connectivity index (χ3v) is 5.78. The molecule has 3 amide bonds. The van der Waals surface area contributed by atoms with Gasteiger partial charge in [0, 0.05) is 30.9 Å². The molecule has 0 fully saturated rings. The van der Waals surface area contributed by atoms with Gasteiger partial charge in [-0.3, -0.25) is 9.69 Å². The Bertz CT molecular complexity index is 1290. The van der Waals surface area contributed by atoms with E-state index in [2.05, 4.69) is 10.6 Å². The summed E-state index contributed by atoms with van der Waals surface area (Å²) in [6.45, 7) is 2.62. The van der Waals surface area contributed by atoms with Crippen LogP contribution in [0.1, 0.15) is 17.5 Å². The molecule has 4 rings (SSSR count). The SMILES string of the molecule is Cc1cccc(NC(=O)N(CCNC(=O)CCc2ccccc2)c2ccc(Oc3ccccc3)cc2)c1. The summed E-state index contributed by atoms with van der Waals surface area (Å²) in [4.78, 5) is 27.3. The molecule has 4 aromatic carbocycles. The smallest absolute Gasteiger partial charge is 0.326 e. The number of aryl methyl sites for hydroxylation is 2. The first kappa shape index (κ1) is 25.5. The van der Waals surface area contributed by atoms with E-state index in [1.54, 1.807) is 4.90 Å². The minimum atomic E-state index is -0.277. The number of nitrogens with zero attached hydrogens (tertiary/aromatic N) is 1. The lowest BCUT2D eigenvalue weighted by atomic mass is 10.1. The van der Waals surface area contributed by atoms with E-state index in [1.165, 1.54) is 0 Å². The van der Waals surface area contributed by atoms with Gasteiger partial charge in [0.1, 0.15) is 11.5 Å². The molecule has 37 heavy (non-hydrogen) atoms. The first-order chi connectivity index (χ1) is 18.1. The molecule has 0 atom stereocenters. The van der Waals surface area contributed by atoms with Crippen LogP contribution in [0.2, 0.25) is 0 Å². The van der Waals surface area contributed by atoms with E-state index in [0.717, 1.165) is 16.9 Å². The minimum absolute atomic E-state index is 0.0468. The average Bonchev–Trinajstić information content (AvgIpc) is 2.92. The summed E-state index contributed by atoms with van der Waals surface area (Å²) in [5.74, 6) is 1.36. The molecule has 4 aromatic rings. The molecule has 188 valence electrons.